The molecule has 1 aliphatic heterocycles. The number of imidazole rings is 1. The third-order valence-corrected chi connectivity index (χ3v) is 8.53. The number of ketones is 1. The van der Waals surface area contributed by atoms with Crippen LogP contribution in [-0.4, -0.2) is 56.6 Å². The summed E-state index contributed by atoms with van der Waals surface area (Å²) in [6.07, 6.45) is 4.74. The molecule has 2 aliphatic rings. The number of halogens is 1. The number of fused-ring (bicyclic) bond motifs is 1. The number of aromatic amines is 2. The molecular formula is C26H23FN6O4S. The summed E-state index contributed by atoms with van der Waals surface area (Å²) in [6.45, 7) is -0.354. The van der Waals surface area contributed by atoms with E-state index in [1.165, 1.54) is 18.7 Å². The number of nitrogens with one attached hydrogen (secondary N) is 3. The summed E-state index contributed by atoms with van der Waals surface area (Å²) in [5, 5.41) is 2.44. The van der Waals surface area contributed by atoms with Crippen LogP contribution >= 0.6 is 0 Å². The average molecular weight is 535 g/mol. The van der Waals surface area contributed by atoms with Crippen molar-refractivity contribution in [2.75, 3.05) is 11.9 Å². The predicted octanol–water partition coefficient (Wildman–Crippen LogP) is 3.22. The highest BCUT2D eigenvalue weighted by Gasteiger charge is 2.51. The quantitative estimate of drug-likeness (QED) is 0.333. The number of H-pyrrole nitrogens is 2. The zero-order valence-electron chi connectivity index (χ0n) is 20.1. The molecular weight excluding hydrogens is 511 g/mol. The molecule has 194 valence electrons. The van der Waals surface area contributed by atoms with E-state index in [0.29, 0.717) is 34.5 Å². The van der Waals surface area contributed by atoms with Crippen LogP contribution in [0.1, 0.15) is 40.0 Å². The largest absolute Gasteiger partial charge is 0.356 e. The van der Waals surface area contributed by atoms with Gasteiger partial charge in [0.05, 0.1) is 31.3 Å². The molecule has 4 aromatic rings. The van der Waals surface area contributed by atoms with E-state index in [9.17, 15) is 22.4 Å². The minimum absolute atomic E-state index is 0.0384. The molecule has 0 saturated heterocycles. The van der Waals surface area contributed by atoms with E-state index in [1.54, 1.807) is 12.1 Å². The van der Waals surface area contributed by atoms with Crippen LogP contribution in [-0.2, 0) is 27.8 Å². The standard InChI is InChI=1S/C26H23FN6O4S/c27-26(7-8-26)25(35)32-21-11-17(6-9-29-21)24-18(10-16-4-2-1-3-5-16)23-19(31-24)13-33(14-20(23)34)38(36,37)22-12-28-15-30-22/h1-6,9,11-12,15,31H,7-8,10,13-14H2,(H,28,30)(H,29,32,35). The maximum atomic E-state index is 14.2. The van der Waals surface area contributed by atoms with E-state index < -0.39 is 21.6 Å². The third-order valence-electron chi connectivity index (χ3n) is 6.82. The molecule has 12 heteroatoms. The first-order valence-corrected chi connectivity index (χ1v) is 13.4. The zero-order valence-corrected chi connectivity index (χ0v) is 20.9. The van der Waals surface area contributed by atoms with Gasteiger partial charge >= 0.3 is 0 Å². The molecule has 1 aliphatic carbocycles. The zero-order chi connectivity index (χ0) is 26.5. The molecule has 3 aromatic heterocycles. The first kappa shape index (κ1) is 24.2. The van der Waals surface area contributed by atoms with Gasteiger partial charge in [-0.1, -0.05) is 30.3 Å². The first-order valence-electron chi connectivity index (χ1n) is 12.0. The minimum atomic E-state index is -3.97. The van der Waals surface area contributed by atoms with Crippen molar-refractivity contribution in [2.45, 2.75) is 36.5 Å². The highest BCUT2D eigenvalue weighted by Crippen LogP contribution is 2.41. The monoisotopic (exact) mass is 534 g/mol. The smallest absolute Gasteiger partial charge is 0.263 e. The van der Waals surface area contributed by atoms with Gasteiger partial charge in [0, 0.05) is 29.4 Å². The van der Waals surface area contributed by atoms with Gasteiger partial charge in [-0.3, -0.25) is 9.59 Å². The molecule has 1 fully saturated rings. The van der Waals surface area contributed by atoms with Crippen LogP contribution in [0.15, 0.2) is 66.2 Å². The number of aromatic nitrogens is 4. The molecule has 1 amide bonds. The summed E-state index contributed by atoms with van der Waals surface area (Å²) in [4.78, 5) is 39.5. The van der Waals surface area contributed by atoms with Crippen LogP contribution in [0.5, 0.6) is 0 Å². The molecule has 1 saturated carbocycles. The van der Waals surface area contributed by atoms with Crippen molar-refractivity contribution < 1.29 is 22.4 Å². The lowest BCUT2D eigenvalue weighted by molar-refractivity contribution is -0.122. The van der Waals surface area contributed by atoms with E-state index in [4.69, 9.17) is 0 Å². The lowest BCUT2D eigenvalue weighted by Gasteiger charge is -2.25. The van der Waals surface area contributed by atoms with Crippen LogP contribution in [0.4, 0.5) is 10.2 Å². The summed E-state index contributed by atoms with van der Waals surface area (Å²) < 4.78 is 41.5. The van der Waals surface area contributed by atoms with Crippen LogP contribution < -0.4 is 5.32 Å². The number of benzene rings is 1. The molecule has 4 heterocycles. The highest BCUT2D eigenvalue weighted by molar-refractivity contribution is 7.89. The third kappa shape index (κ3) is 4.31. The van der Waals surface area contributed by atoms with Crippen LogP contribution in [0.25, 0.3) is 11.3 Å². The maximum Gasteiger partial charge on any atom is 0.263 e. The lowest BCUT2D eigenvalue weighted by atomic mass is 9.94. The van der Waals surface area contributed by atoms with E-state index >= 15 is 0 Å². The van der Waals surface area contributed by atoms with Gasteiger partial charge in [-0.2, -0.15) is 4.31 Å². The number of nitrogens with zero attached hydrogens (tertiary/aromatic N) is 3. The van der Waals surface area contributed by atoms with Crippen LogP contribution in [0.3, 0.4) is 0 Å². The fourth-order valence-corrected chi connectivity index (χ4v) is 5.92. The van der Waals surface area contributed by atoms with E-state index in [1.807, 2.05) is 30.3 Å². The van der Waals surface area contributed by atoms with Gasteiger partial charge in [0.15, 0.2) is 16.5 Å². The number of alkyl halides is 1. The van der Waals surface area contributed by atoms with Gasteiger partial charge < -0.3 is 15.3 Å². The van der Waals surface area contributed by atoms with Crippen molar-refractivity contribution in [3.63, 3.8) is 0 Å². The number of hydrogen-bond donors (Lipinski definition) is 3. The summed E-state index contributed by atoms with van der Waals surface area (Å²) in [5.41, 5.74) is 1.96. The molecule has 0 radical (unpaired) electrons. The normalized spacial score (nSPS) is 16.7. The Kier molecular flexibility index (Phi) is 5.73. The number of pyridine rings is 1. The second kappa shape index (κ2) is 8.99. The Morgan fingerprint density at radius 2 is 1.95 bits per heavy atom. The number of hydrogen-bond acceptors (Lipinski definition) is 6. The lowest BCUT2D eigenvalue weighted by Crippen LogP contribution is -2.39. The molecule has 6 rings (SSSR count). The molecule has 0 unspecified atom stereocenters. The number of sulfonamides is 1. The van der Waals surface area contributed by atoms with Crippen LogP contribution in [0.2, 0.25) is 0 Å². The Morgan fingerprint density at radius 3 is 2.66 bits per heavy atom. The maximum absolute atomic E-state index is 14.2. The number of rotatable bonds is 7. The van der Waals surface area contributed by atoms with Crippen molar-refractivity contribution in [2.24, 2.45) is 0 Å². The van der Waals surface area contributed by atoms with Gasteiger partial charge in [0.1, 0.15) is 5.82 Å². The van der Waals surface area contributed by atoms with Crippen molar-refractivity contribution in [3.8, 4) is 11.3 Å². The molecule has 0 atom stereocenters. The summed E-state index contributed by atoms with van der Waals surface area (Å²) in [6, 6.07) is 12.9. The van der Waals surface area contributed by atoms with E-state index in [-0.39, 0.29) is 42.6 Å². The summed E-state index contributed by atoms with van der Waals surface area (Å²) in [5.74, 6) is -0.879. The molecule has 10 nitrogen and oxygen atoms in total. The summed E-state index contributed by atoms with van der Waals surface area (Å²) >= 11 is 0. The Morgan fingerprint density at radius 1 is 1.16 bits per heavy atom. The van der Waals surface area contributed by atoms with Gasteiger partial charge in [-0.25, -0.2) is 22.8 Å². The Balaban J connectivity index is 1.41. The SMILES string of the molecule is O=C1CN(S(=O)(=O)c2cnc[nH]2)Cc2[nH]c(-c3ccnc(NC(=O)C4(F)CC4)c3)c(Cc3ccccc3)c21. The molecule has 0 bridgehead atoms. The molecule has 3 N–H and O–H groups in total. The minimum Gasteiger partial charge on any atom is -0.356 e. The van der Waals surface area contributed by atoms with Crippen molar-refractivity contribution in [1.29, 1.82) is 0 Å². The van der Waals surface area contributed by atoms with Crippen molar-refractivity contribution in [3.05, 3.63) is 83.6 Å². The van der Waals surface area contributed by atoms with Gasteiger partial charge in [0.25, 0.3) is 15.9 Å². The van der Waals surface area contributed by atoms with E-state index in [0.717, 1.165) is 9.87 Å². The fraction of sp³-hybridized carbons (Fsp3) is 0.231. The second-order valence-corrected chi connectivity index (χ2v) is 11.4. The number of Topliss-reactive ketones (excluding diaryl/α,β-unsaturated/α-hetero) is 1. The Bertz CT molecular complexity index is 1650. The van der Waals surface area contributed by atoms with Crippen molar-refractivity contribution in [1.82, 2.24) is 24.2 Å². The van der Waals surface area contributed by atoms with Crippen molar-refractivity contribution >= 4 is 27.5 Å². The Hall–Kier alpha value is -4.16. The Labute approximate surface area is 217 Å². The highest BCUT2D eigenvalue weighted by atomic mass is 32.2. The predicted molar refractivity (Wildman–Crippen MR) is 135 cm³/mol. The first-order chi connectivity index (χ1) is 18.2. The topological polar surface area (TPSA) is 141 Å². The number of anilines is 1. The molecule has 0 spiro atoms. The van der Waals surface area contributed by atoms with E-state index in [2.05, 4.69) is 25.3 Å². The second-order valence-electron chi connectivity index (χ2n) is 9.46. The van der Waals surface area contributed by atoms with Gasteiger partial charge in [-0.05, 0) is 36.1 Å². The summed E-state index contributed by atoms with van der Waals surface area (Å²) in [7, 11) is -3.97. The number of amides is 1. The molecule has 1 aromatic carbocycles. The fourth-order valence-electron chi connectivity index (χ4n) is 4.66. The number of carbonyl (C=O) groups is 2. The van der Waals surface area contributed by atoms with Crippen LogP contribution in [0, 0.1) is 0 Å². The van der Waals surface area contributed by atoms with Gasteiger partial charge in [-0.15, -0.1) is 0 Å². The average Bonchev–Trinajstić information content (AvgIpc) is 3.29. The molecule has 38 heavy (non-hydrogen) atoms. The van der Waals surface area contributed by atoms with Gasteiger partial charge in [0.2, 0.25) is 0 Å². The number of carbonyl (C=O) groups excluding carboxylic acids is 2.